The van der Waals surface area contributed by atoms with Crippen molar-refractivity contribution in [2.24, 2.45) is 0 Å². The van der Waals surface area contributed by atoms with Crippen LogP contribution in [0.25, 0.3) is 0 Å². The lowest BCUT2D eigenvalue weighted by Crippen LogP contribution is -2.21. The molecule has 110 valence electrons. The van der Waals surface area contributed by atoms with Crippen molar-refractivity contribution in [1.82, 2.24) is 4.98 Å². The Bertz CT molecular complexity index is 669. The second-order valence-electron chi connectivity index (χ2n) is 5.03. The monoisotopic (exact) mass is 348 g/mol. The summed E-state index contributed by atoms with van der Waals surface area (Å²) in [7, 11) is 1.89. The molecule has 2 aromatic rings. The highest BCUT2D eigenvalue weighted by Crippen LogP contribution is 2.25. The minimum Gasteiger partial charge on any atom is -0.478 e. The van der Waals surface area contributed by atoms with E-state index in [0.717, 1.165) is 15.7 Å². The van der Waals surface area contributed by atoms with Crippen LogP contribution in [-0.4, -0.2) is 23.1 Å². The van der Waals surface area contributed by atoms with Gasteiger partial charge in [-0.25, -0.2) is 4.79 Å². The highest BCUT2D eigenvalue weighted by molar-refractivity contribution is 9.10. The molecule has 0 fully saturated rings. The number of carboxylic acid groups (broad SMARTS) is 1. The van der Waals surface area contributed by atoms with Gasteiger partial charge in [0.2, 0.25) is 0 Å². The maximum atomic E-state index is 11.5. The first-order valence-electron chi connectivity index (χ1n) is 6.55. The molecule has 2 rings (SSSR count). The van der Waals surface area contributed by atoms with Crippen LogP contribution in [0.4, 0.5) is 5.69 Å². The Balaban J connectivity index is 2.36. The SMILES string of the molecule is Cc1cc(N(C)Cc2ccc(Br)cc2)c(C(=O)O)c(C)n1. The molecule has 21 heavy (non-hydrogen) atoms. The van der Waals surface area contributed by atoms with Gasteiger partial charge in [-0.2, -0.15) is 0 Å². The number of anilines is 1. The van der Waals surface area contributed by atoms with Crippen molar-refractivity contribution in [2.45, 2.75) is 20.4 Å². The third kappa shape index (κ3) is 3.61. The number of hydrogen-bond donors (Lipinski definition) is 1. The molecule has 1 aromatic carbocycles. The Morgan fingerprint density at radius 1 is 1.29 bits per heavy atom. The van der Waals surface area contributed by atoms with Gasteiger partial charge >= 0.3 is 5.97 Å². The molecular formula is C16H17BrN2O2. The Hall–Kier alpha value is -1.88. The fraction of sp³-hybridized carbons (Fsp3) is 0.250. The molecule has 0 aliphatic heterocycles. The quantitative estimate of drug-likeness (QED) is 0.912. The van der Waals surface area contributed by atoms with E-state index in [9.17, 15) is 9.90 Å². The number of pyridine rings is 1. The molecule has 1 aromatic heterocycles. The third-order valence-corrected chi connectivity index (χ3v) is 3.79. The van der Waals surface area contributed by atoms with Gasteiger partial charge in [0.15, 0.2) is 0 Å². The summed E-state index contributed by atoms with van der Waals surface area (Å²) in [5.74, 6) is -0.947. The van der Waals surface area contributed by atoms with Gasteiger partial charge in [-0.3, -0.25) is 4.98 Å². The fourth-order valence-corrected chi connectivity index (χ4v) is 2.59. The normalized spacial score (nSPS) is 10.5. The van der Waals surface area contributed by atoms with Crippen LogP contribution in [0.1, 0.15) is 27.3 Å². The second-order valence-corrected chi connectivity index (χ2v) is 5.95. The van der Waals surface area contributed by atoms with Crippen LogP contribution in [0.5, 0.6) is 0 Å². The number of aromatic nitrogens is 1. The largest absolute Gasteiger partial charge is 0.478 e. The van der Waals surface area contributed by atoms with Crippen molar-refractivity contribution < 1.29 is 9.90 Å². The van der Waals surface area contributed by atoms with Crippen LogP contribution in [0.15, 0.2) is 34.8 Å². The number of aromatic carboxylic acids is 1. The maximum absolute atomic E-state index is 11.5. The van der Waals surface area contributed by atoms with E-state index in [1.54, 1.807) is 6.92 Å². The first-order chi connectivity index (χ1) is 9.88. The molecule has 0 saturated heterocycles. The number of nitrogens with zero attached hydrogens (tertiary/aromatic N) is 2. The van der Waals surface area contributed by atoms with Gasteiger partial charge in [0, 0.05) is 23.8 Å². The third-order valence-electron chi connectivity index (χ3n) is 3.27. The smallest absolute Gasteiger partial charge is 0.339 e. The predicted octanol–water partition coefficient (Wildman–Crippen LogP) is 3.80. The molecule has 5 heteroatoms. The zero-order valence-electron chi connectivity index (χ0n) is 12.2. The van der Waals surface area contributed by atoms with Crippen LogP contribution in [0.3, 0.4) is 0 Å². The fourth-order valence-electron chi connectivity index (χ4n) is 2.32. The Labute approximate surface area is 132 Å². The molecule has 0 aliphatic carbocycles. The van der Waals surface area contributed by atoms with Crippen molar-refractivity contribution in [2.75, 3.05) is 11.9 Å². The maximum Gasteiger partial charge on any atom is 0.339 e. The summed E-state index contributed by atoms with van der Waals surface area (Å²) in [6.07, 6.45) is 0. The molecule has 0 saturated carbocycles. The summed E-state index contributed by atoms with van der Waals surface area (Å²) in [6, 6.07) is 9.80. The minimum absolute atomic E-state index is 0.264. The number of carboxylic acids is 1. The zero-order valence-corrected chi connectivity index (χ0v) is 13.8. The molecule has 1 heterocycles. The van der Waals surface area contributed by atoms with E-state index < -0.39 is 5.97 Å². The number of carbonyl (C=O) groups is 1. The summed E-state index contributed by atoms with van der Waals surface area (Å²) in [5, 5.41) is 9.42. The Morgan fingerprint density at radius 3 is 2.48 bits per heavy atom. The summed E-state index contributed by atoms with van der Waals surface area (Å²) in [4.78, 5) is 17.7. The van der Waals surface area contributed by atoms with Gasteiger partial charge in [0.25, 0.3) is 0 Å². The number of halogens is 1. The van der Waals surface area contributed by atoms with Crippen molar-refractivity contribution in [3.05, 3.63) is 57.3 Å². The van der Waals surface area contributed by atoms with E-state index >= 15 is 0 Å². The van der Waals surface area contributed by atoms with Crippen molar-refractivity contribution in [1.29, 1.82) is 0 Å². The van der Waals surface area contributed by atoms with E-state index in [1.807, 2.05) is 49.2 Å². The van der Waals surface area contributed by atoms with Crippen molar-refractivity contribution in [3.63, 3.8) is 0 Å². The van der Waals surface area contributed by atoms with Gasteiger partial charge in [-0.05, 0) is 37.6 Å². The van der Waals surface area contributed by atoms with Crippen LogP contribution < -0.4 is 4.90 Å². The standard InChI is InChI=1S/C16H17BrN2O2/c1-10-8-14(15(16(20)21)11(2)18-10)19(3)9-12-4-6-13(17)7-5-12/h4-8H,9H2,1-3H3,(H,20,21). The molecule has 0 bridgehead atoms. The molecule has 0 spiro atoms. The Kier molecular flexibility index (Phi) is 4.63. The average Bonchev–Trinajstić information content (AvgIpc) is 2.39. The van der Waals surface area contributed by atoms with E-state index in [4.69, 9.17) is 0 Å². The lowest BCUT2D eigenvalue weighted by Gasteiger charge is -2.22. The molecule has 4 nitrogen and oxygen atoms in total. The average molecular weight is 349 g/mol. The van der Waals surface area contributed by atoms with Gasteiger partial charge in [-0.1, -0.05) is 28.1 Å². The molecule has 0 radical (unpaired) electrons. The first kappa shape index (κ1) is 15.5. The highest BCUT2D eigenvalue weighted by Gasteiger charge is 2.18. The number of aryl methyl sites for hydroxylation is 2. The molecule has 0 amide bonds. The molecule has 1 N–H and O–H groups in total. The number of rotatable bonds is 4. The van der Waals surface area contributed by atoms with Crippen LogP contribution >= 0.6 is 15.9 Å². The van der Waals surface area contributed by atoms with Gasteiger partial charge in [-0.15, -0.1) is 0 Å². The van der Waals surface area contributed by atoms with E-state index in [2.05, 4.69) is 20.9 Å². The summed E-state index contributed by atoms with van der Waals surface area (Å²) in [5.41, 5.74) is 3.43. The Morgan fingerprint density at radius 2 is 1.90 bits per heavy atom. The van der Waals surface area contributed by atoms with Gasteiger partial charge in [0.1, 0.15) is 5.56 Å². The second kappa shape index (κ2) is 6.26. The lowest BCUT2D eigenvalue weighted by molar-refractivity contribution is 0.0696. The van der Waals surface area contributed by atoms with Crippen LogP contribution in [0.2, 0.25) is 0 Å². The molecule has 0 unspecified atom stereocenters. The molecule has 0 atom stereocenters. The van der Waals surface area contributed by atoms with Crippen molar-refractivity contribution >= 4 is 27.6 Å². The van der Waals surface area contributed by atoms with Crippen molar-refractivity contribution in [3.8, 4) is 0 Å². The highest BCUT2D eigenvalue weighted by atomic mass is 79.9. The molecule has 0 aliphatic rings. The summed E-state index contributed by atoms with van der Waals surface area (Å²) >= 11 is 3.41. The first-order valence-corrected chi connectivity index (χ1v) is 7.35. The lowest BCUT2D eigenvalue weighted by atomic mass is 10.1. The van der Waals surface area contributed by atoms with E-state index in [-0.39, 0.29) is 5.56 Å². The topological polar surface area (TPSA) is 53.4 Å². The zero-order chi connectivity index (χ0) is 15.6. The summed E-state index contributed by atoms with van der Waals surface area (Å²) < 4.78 is 1.02. The van der Waals surface area contributed by atoms with E-state index in [1.165, 1.54) is 0 Å². The summed E-state index contributed by atoms with van der Waals surface area (Å²) in [6.45, 7) is 4.24. The minimum atomic E-state index is -0.947. The van der Waals surface area contributed by atoms with Gasteiger partial charge < -0.3 is 10.0 Å². The number of hydrogen-bond acceptors (Lipinski definition) is 3. The van der Waals surface area contributed by atoms with E-state index in [0.29, 0.717) is 17.9 Å². The predicted molar refractivity (Wildman–Crippen MR) is 86.9 cm³/mol. The van der Waals surface area contributed by atoms with Crippen LogP contribution in [0, 0.1) is 13.8 Å². The van der Waals surface area contributed by atoms with Crippen LogP contribution in [-0.2, 0) is 6.54 Å². The number of benzene rings is 1. The molecular weight excluding hydrogens is 332 g/mol. The van der Waals surface area contributed by atoms with Gasteiger partial charge in [0.05, 0.1) is 11.4 Å².